The van der Waals surface area contributed by atoms with Gasteiger partial charge in [0.25, 0.3) is 0 Å². The van der Waals surface area contributed by atoms with Gasteiger partial charge in [0.15, 0.2) is 0 Å². The molecule has 0 bridgehead atoms. The molecule has 2 aromatic carbocycles. The first-order chi connectivity index (χ1) is 13.6. The van der Waals surface area contributed by atoms with E-state index in [1.807, 2.05) is 48.2 Å². The van der Waals surface area contributed by atoms with Crippen molar-refractivity contribution in [3.63, 3.8) is 0 Å². The van der Waals surface area contributed by atoms with E-state index >= 15 is 0 Å². The first kappa shape index (κ1) is 19.4. The summed E-state index contributed by atoms with van der Waals surface area (Å²) in [5.41, 5.74) is 2.07. The highest BCUT2D eigenvalue weighted by atomic mass is 35.5. The standard InChI is InChI=1S/C22H24ClN3OS/c1-15(17-8-2-3-9-18(17)23)24-13-21(27)26-12-6-7-16(14-26)22-25-19-10-4-5-11-20(19)28-22/h2-5,8-11,15-16,24H,6-7,12-14H2,1H3/t15-,16+/m0/s1. The molecule has 2 atom stereocenters. The van der Waals surface area contributed by atoms with Crippen molar-refractivity contribution in [3.8, 4) is 0 Å². The van der Waals surface area contributed by atoms with Gasteiger partial charge >= 0.3 is 0 Å². The number of para-hydroxylation sites is 1. The Bertz CT molecular complexity index is 940. The average Bonchev–Trinajstić information content (AvgIpc) is 3.16. The van der Waals surface area contributed by atoms with E-state index in [0.29, 0.717) is 12.5 Å². The number of carbonyl (C=O) groups excluding carboxylic acids is 1. The van der Waals surface area contributed by atoms with Crippen LogP contribution < -0.4 is 5.32 Å². The topological polar surface area (TPSA) is 45.2 Å². The molecule has 28 heavy (non-hydrogen) atoms. The van der Waals surface area contributed by atoms with Crippen LogP contribution in [0.4, 0.5) is 0 Å². The number of thiazole rings is 1. The van der Waals surface area contributed by atoms with Gasteiger partial charge in [0.2, 0.25) is 5.91 Å². The fourth-order valence-electron chi connectivity index (χ4n) is 3.76. The molecule has 0 aliphatic carbocycles. The van der Waals surface area contributed by atoms with Gasteiger partial charge in [0, 0.05) is 30.1 Å². The molecule has 6 heteroatoms. The number of piperidine rings is 1. The van der Waals surface area contributed by atoms with Crippen molar-refractivity contribution in [2.24, 2.45) is 0 Å². The summed E-state index contributed by atoms with van der Waals surface area (Å²) in [7, 11) is 0. The minimum Gasteiger partial charge on any atom is -0.341 e. The van der Waals surface area contributed by atoms with E-state index in [1.165, 1.54) is 4.70 Å². The van der Waals surface area contributed by atoms with Gasteiger partial charge in [-0.05, 0) is 43.5 Å². The van der Waals surface area contributed by atoms with E-state index in [0.717, 1.165) is 47.0 Å². The minimum atomic E-state index is 0.0301. The van der Waals surface area contributed by atoms with Gasteiger partial charge in [-0.2, -0.15) is 0 Å². The predicted octanol–water partition coefficient (Wildman–Crippen LogP) is 5.01. The summed E-state index contributed by atoms with van der Waals surface area (Å²) >= 11 is 8.02. The van der Waals surface area contributed by atoms with E-state index in [1.54, 1.807) is 11.3 Å². The summed E-state index contributed by atoms with van der Waals surface area (Å²) in [6.07, 6.45) is 2.11. The molecular formula is C22H24ClN3OS. The first-order valence-electron chi connectivity index (χ1n) is 9.73. The lowest BCUT2D eigenvalue weighted by atomic mass is 9.98. The van der Waals surface area contributed by atoms with Crippen LogP contribution >= 0.6 is 22.9 Å². The molecule has 1 saturated heterocycles. The lowest BCUT2D eigenvalue weighted by Gasteiger charge is -2.32. The third-order valence-electron chi connectivity index (χ3n) is 5.36. The van der Waals surface area contributed by atoms with Crippen molar-refractivity contribution in [1.29, 1.82) is 0 Å². The zero-order chi connectivity index (χ0) is 19.5. The second-order valence-electron chi connectivity index (χ2n) is 7.32. The van der Waals surface area contributed by atoms with E-state index in [-0.39, 0.29) is 11.9 Å². The van der Waals surface area contributed by atoms with Crippen LogP contribution in [0.5, 0.6) is 0 Å². The van der Waals surface area contributed by atoms with Gasteiger partial charge in [-0.3, -0.25) is 4.79 Å². The number of nitrogens with zero attached hydrogens (tertiary/aromatic N) is 2. The Kier molecular flexibility index (Phi) is 5.95. The number of benzene rings is 2. The molecule has 1 fully saturated rings. The normalized spacial score (nSPS) is 18.4. The molecule has 0 unspecified atom stereocenters. The van der Waals surface area contributed by atoms with Crippen molar-refractivity contribution in [2.75, 3.05) is 19.6 Å². The largest absolute Gasteiger partial charge is 0.341 e. The predicted molar refractivity (Wildman–Crippen MR) is 116 cm³/mol. The second kappa shape index (κ2) is 8.60. The molecule has 0 radical (unpaired) electrons. The van der Waals surface area contributed by atoms with Crippen LogP contribution in [0.3, 0.4) is 0 Å². The Labute approximate surface area is 174 Å². The van der Waals surface area contributed by atoms with Crippen LogP contribution in [-0.2, 0) is 4.79 Å². The van der Waals surface area contributed by atoms with Gasteiger partial charge in [-0.1, -0.05) is 41.9 Å². The molecular weight excluding hydrogens is 390 g/mol. The maximum Gasteiger partial charge on any atom is 0.236 e. The maximum atomic E-state index is 12.8. The fourth-order valence-corrected chi connectivity index (χ4v) is 5.15. The van der Waals surface area contributed by atoms with Crippen molar-refractivity contribution in [1.82, 2.24) is 15.2 Å². The number of carbonyl (C=O) groups is 1. The third kappa shape index (κ3) is 4.22. The van der Waals surface area contributed by atoms with Gasteiger partial charge in [0.1, 0.15) is 0 Å². The quantitative estimate of drug-likeness (QED) is 0.639. The van der Waals surface area contributed by atoms with Crippen LogP contribution in [0.1, 0.15) is 42.3 Å². The lowest BCUT2D eigenvalue weighted by Crippen LogP contribution is -2.43. The molecule has 1 amide bonds. The molecule has 1 aromatic heterocycles. The van der Waals surface area contributed by atoms with Crippen LogP contribution in [-0.4, -0.2) is 35.4 Å². The number of rotatable bonds is 5. The molecule has 1 N–H and O–H groups in total. The van der Waals surface area contributed by atoms with Crippen LogP contribution in [0.25, 0.3) is 10.2 Å². The molecule has 146 valence electrons. The van der Waals surface area contributed by atoms with Gasteiger partial charge in [-0.15, -0.1) is 11.3 Å². The van der Waals surface area contributed by atoms with Crippen LogP contribution in [0.2, 0.25) is 5.02 Å². The number of aromatic nitrogens is 1. The van der Waals surface area contributed by atoms with Gasteiger partial charge < -0.3 is 10.2 Å². The van der Waals surface area contributed by atoms with Crippen LogP contribution in [0, 0.1) is 0 Å². The summed E-state index contributed by atoms with van der Waals surface area (Å²) in [6, 6.07) is 16.0. The third-order valence-corrected chi connectivity index (χ3v) is 6.91. The summed E-state index contributed by atoms with van der Waals surface area (Å²) in [5, 5.41) is 5.20. The number of nitrogens with one attached hydrogen (secondary N) is 1. The van der Waals surface area contributed by atoms with Crippen molar-refractivity contribution in [2.45, 2.75) is 31.7 Å². The van der Waals surface area contributed by atoms with Crippen molar-refractivity contribution < 1.29 is 4.79 Å². The summed E-state index contributed by atoms with van der Waals surface area (Å²) in [4.78, 5) is 19.6. The average molecular weight is 414 g/mol. The molecule has 0 spiro atoms. The SMILES string of the molecule is C[C@H](NCC(=O)N1CCC[C@@H](c2nc3ccccc3s2)C1)c1ccccc1Cl. The van der Waals surface area contributed by atoms with E-state index < -0.39 is 0 Å². The second-order valence-corrected chi connectivity index (χ2v) is 8.79. The number of amides is 1. The highest BCUT2D eigenvalue weighted by Crippen LogP contribution is 2.33. The number of hydrogen-bond acceptors (Lipinski definition) is 4. The lowest BCUT2D eigenvalue weighted by molar-refractivity contribution is -0.131. The number of likely N-dealkylation sites (tertiary alicyclic amines) is 1. The number of halogens is 1. The van der Waals surface area contributed by atoms with Crippen molar-refractivity contribution in [3.05, 3.63) is 64.1 Å². The Morgan fingerprint density at radius 2 is 2.07 bits per heavy atom. The van der Waals surface area contributed by atoms with Gasteiger partial charge in [0.05, 0.1) is 21.8 Å². The maximum absolute atomic E-state index is 12.8. The van der Waals surface area contributed by atoms with E-state index in [9.17, 15) is 4.79 Å². The smallest absolute Gasteiger partial charge is 0.236 e. The van der Waals surface area contributed by atoms with Crippen LogP contribution in [0.15, 0.2) is 48.5 Å². The number of hydrogen-bond donors (Lipinski definition) is 1. The monoisotopic (exact) mass is 413 g/mol. The fraction of sp³-hybridized carbons (Fsp3) is 0.364. The first-order valence-corrected chi connectivity index (χ1v) is 10.9. The molecule has 3 aromatic rings. The summed E-state index contributed by atoms with van der Waals surface area (Å²) in [5.74, 6) is 0.473. The number of fused-ring (bicyclic) bond motifs is 1. The van der Waals surface area contributed by atoms with E-state index in [2.05, 4.69) is 17.4 Å². The molecule has 1 aliphatic rings. The van der Waals surface area contributed by atoms with Gasteiger partial charge in [-0.25, -0.2) is 4.98 Å². The molecule has 0 saturated carbocycles. The highest BCUT2D eigenvalue weighted by molar-refractivity contribution is 7.18. The molecule has 4 rings (SSSR count). The molecule has 2 heterocycles. The Morgan fingerprint density at radius 1 is 1.29 bits per heavy atom. The van der Waals surface area contributed by atoms with Crippen molar-refractivity contribution >= 4 is 39.1 Å². The molecule has 1 aliphatic heterocycles. The highest BCUT2D eigenvalue weighted by Gasteiger charge is 2.27. The summed E-state index contributed by atoms with van der Waals surface area (Å²) in [6.45, 7) is 3.93. The van der Waals surface area contributed by atoms with E-state index in [4.69, 9.17) is 16.6 Å². The Morgan fingerprint density at radius 3 is 2.89 bits per heavy atom. The zero-order valence-electron chi connectivity index (χ0n) is 15.9. The Balaban J connectivity index is 1.37. The minimum absolute atomic E-state index is 0.0301. The zero-order valence-corrected chi connectivity index (χ0v) is 17.5. The molecule has 4 nitrogen and oxygen atoms in total. The summed E-state index contributed by atoms with van der Waals surface area (Å²) < 4.78 is 1.22. The Hall–Kier alpha value is -1.95.